The highest BCUT2D eigenvalue weighted by Crippen LogP contribution is 2.25. The second kappa shape index (κ2) is 8.19. The molecule has 25 heavy (non-hydrogen) atoms. The van der Waals surface area contributed by atoms with Crippen molar-refractivity contribution in [3.05, 3.63) is 29.8 Å². The number of carboxylic acid groups (broad SMARTS) is 1. The number of carbonyl (C=O) groups excluding carboxylic acids is 1. The summed E-state index contributed by atoms with van der Waals surface area (Å²) in [5.41, 5.74) is 0.194. The predicted molar refractivity (Wildman–Crippen MR) is 80.6 cm³/mol. The van der Waals surface area contributed by atoms with E-state index in [-0.39, 0.29) is 11.3 Å². The van der Waals surface area contributed by atoms with E-state index < -0.39 is 52.0 Å². The van der Waals surface area contributed by atoms with Gasteiger partial charge < -0.3 is 15.2 Å². The highest BCUT2D eigenvalue weighted by atomic mass is 32.2. The molecule has 1 unspecified atom stereocenters. The van der Waals surface area contributed by atoms with Gasteiger partial charge in [0.2, 0.25) is 5.91 Å². The first-order valence-electron chi connectivity index (χ1n) is 6.99. The first-order valence-corrected chi connectivity index (χ1v) is 8.81. The normalized spacial score (nSPS) is 13.1. The van der Waals surface area contributed by atoms with Gasteiger partial charge in [-0.05, 0) is 17.7 Å². The van der Waals surface area contributed by atoms with Gasteiger partial charge in [-0.2, -0.15) is 0 Å². The number of sulfone groups is 1. The zero-order valence-electron chi connectivity index (χ0n) is 13.0. The fourth-order valence-electron chi connectivity index (χ4n) is 1.87. The summed E-state index contributed by atoms with van der Waals surface area (Å²) >= 11 is 0. The Morgan fingerprint density at radius 3 is 2.24 bits per heavy atom. The number of hydrogen-bond donors (Lipinski definition) is 2. The van der Waals surface area contributed by atoms with Crippen LogP contribution in [0.15, 0.2) is 24.3 Å². The SMILES string of the molecule is CCS(=O)(=O)CC(=O)NC(CC(=O)O)c1ccc(OC(F)(F)F)cc1. The highest BCUT2D eigenvalue weighted by molar-refractivity contribution is 7.92. The summed E-state index contributed by atoms with van der Waals surface area (Å²) < 4.78 is 62.9. The number of nitrogens with one attached hydrogen (secondary N) is 1. The first-order chi connectivity index (χ1) is 11.4. The molecule has 1 amide bonds. The maximum atomic E-state index is 12.1. The van der Waals surface area contributed by atoms with E-state index in [2.05, 4.69) is 10.1 Å². The van der Waals surface area contributed by atoms with Gasteiger partial charge in [0.15, 0.2) is 9.84 Å². The Labute approximate surface area is 141 Å². The quantitative estimate of drug-likeness (QED) is 0.706. The van der Waals surface area contributed by atoms with Crippen molar-refractivity contribution in [3.63, 3.8) is 0 Å². The van der Waals surface area contributed by atoms with Crippen molar-refractivity contribution in [1.82, 2.24) is 5.32 Å². The number of rotatable bonds is 8. The number of amides is 1. The van der Waals surface area contributed by atoms with E-state index in [1.165, 1.54) is 6.92 Å². The number of carboxylic acids is 1. The predicted octanol–water partition coefficient (Wildman–Crippen LogP) is 1.65. The van der Waals surface area contributed by atoms with Gasteiger partial charge in [0.1, 0.15) is 11.5 Å². The molecule has 0 aromatic heterocycles. The molecular formula is C14H16F3NO6S. The minimum atomic E-state index is -4.87. The fraction of sp³-hybridized carbons (Fsp3) is 0.429. The molecule has 2 N–H and O–H groups in total. The lowest BCUT2D eigenvalue weighted by Crippen LogP contribution is -2.35. The largest absolute Gasteiger partial charge is 0.573 e. The number of benzene rings is 1. The Morgan fingerprint density at radius 2 is 1.80 bits per heavy atom. The number of halogens is 3. The van der Waals surface area contributed by atoms with E-state index in [0.29, 0.717) is 0 Å². The number of hydrogen-bond acceptors (Lipinski definition) is 5. The molecule has 1 aromatic carbocycles. The Bertz CT molecular complexity index is 715. The van der Waals surface area contributed by atoms with Gasteiger partial charge in [0, 0.05) is 5.75 Å². The molecule has 7 nitrogen and oxygen atoms in total. The smallest absolute Gasteiger partial charge is 0.481 e. The third-order valence-electron chi connectivity index (χ3n) is 3.02. The second-order valence-corrected chi connectivity index (χ2v) is 7.36. The molecule has 0 spiro atoms. The lowest BCUT2D eigenvalue weighted by Gasteiger charge is -2.18. The molecule has 0 bridgehead atoms. The highest BCUT2D eigenvalue weighted by Gasteiger charge is 2.31. The minimum Gasteiger partial charge on any atom is -0.481 e. The van der Waals surface area contributed by atoms with Crippen LogP contribution in [0.5, 0.6) is 5.75 Å². The van der Waals surface area contributed by atoms with Crippen LogP contribution in [0.3, 0.4) is 0 Å². The number of carbonyl (C=O) groups is 2. The van der Waals surface area contributed by atoms with Gasteiger partial charge in [-0.25, -0.2) is 8.42 Å². The summed E-state index contributed by atoms with van der Waals surface area (Å²) in [7, 11) is -3.61. The van der Waals surface area contributed by atoms with Crippen LogP contribution in [0.25, 0.3) is 0 Å². The van der Waals surface area contributed by atoms with E-state index >= 15 is 0 Å². The molecule has 11 heteroatoms. The van der Waals surface area contributed by atoms with Crippen molar-refractivity contribution in [1.29, 1.82) is 0 Å². The average Bonchev–Trinajstić information content (AvgIpc) is 2.44. The Morgan fingerprint density at radius 1 is 1.24 bits per heavy atom. The topological polar surface area (TPSA) is 110 Å². The van der Waals surface area contributed by atoms with E-state index in [4.69, 9.17) is 5.11 Å². The average molecular weight is 383 g/mol. The molecule has 0 aliphatic rings. The summed E-state index contributed by atoms with van der Waals surface area (Å²) in [6.07, 6.45) is -5.44. The maximum absolute atomic E-state index is 12.1. The Hall–Kier alpha value is -2.30. The van der Waals surface area contributed by atoms with Crippen LogP contribution in [-0.4, -0.2) is 43.3 Å². The van der Waals surface area contributed by atoms with Crippen LogP contribution >= 0.6 is 0 Å². The molecule has 0 saturated carbocycles. The second-order valence-electron chi connectivity index (χ2n) is 5.01. The van der Waals surface area contributed by atoms with Crippen LogP contribution in [-0.2, 0) is 19.4 Å². The lowest BCUT2D eigenvalue weighted by molar-refractivity contribution is -0.274. The summed E-state index contributed by atoms with van der Waals surface area (Å²) in [5, 5.41) is 11.2. The molecule has 1 atom stereocenters. The summed E-state index contributed by atoms with van der Waals surface area (Å²) in [6, 6.07) is 3.14. The van der Waals surface area contributed by atoms with Crippen LogP contribution in [0.4, 0.5) is 13.2 Å². The van der Waals surface area contributed by atoms with Gasteiger partial charge in [-0.1, -0.05) is 19.1 Å². The van der Waals surface area contributed by atoms with Crippen LogP contribution in [0.2, 0.25) is 0 Å². The van der Waals surface area contributed by atoms with Gasteiger partial charge in [0.05, 0.1) is 12.5 Å². The molecule has 0 aliphatic carbocycles. The van der Waals surface area contributed by atoms with Crippen molar-refractivity contribution in [2.24, 2.45) is 0 Å². The fourth-order valence-corrected chi connectivity index (χ4v) is 2.55. The molecule has 0 aliphatic heterocycles. The third kappa shape index (κ3) is 7.88. The minimum absolute atomic E-state index is 0.194. The first kappa shape index (κ1) is 20.7. The molecule has 0 radical (unpaired) electrons. The van der Waals surface area contributed by atoms with Gasteiger partial charge in [-0.15, -0.1) is 13.2 Å². The lowest BCUT2D eigenvalue weighted by atomic mass is 10.0. The molecule has 0 heterocycles. The molecular weight excluding hydrogens is 367 g/mol. The zero-order chi connectivity index (χ0) is 19.3. The van der Waals surface area contributed by atoms with Crippen molar-refractivity contribution in [2.75, 3.05) is 11.5 Å². The number of ether oxygens (including phenoxy) is 1. The maximum Gasteiger partial charge on any atom is 0.573 e. The standard InChI is InChI=1S/C14H16F3NO6S/c1-2-25(22,23)8-12(19)18-11(7-13(20)21)9-3-5-10(6-4-9)24-14(15,16)17/h3-6,11H,2,7-8H2,1H3,(H,18,19)(H,20,21). The van der Waals surface area contributed by atoms with Crippen molar-refractivity contribution < 1.29 is 41.0 Å². The monoisotopic (exact) mass is 383 g/mol. The Balaban J connectivity index is 2.91. The molecule has 140 valence electrons. The molecule has 1 rings (SSSR count). The molecule has 0 fully saturated rings. The molecule has 1 aromatic rings. The van der Waals surface area contributed by atoms with E-state index in [9.17, 15) is 31.2 Å². The zero-order valence-corrected chi connectivity index (χ0v) is 13.9. The van der Waals surface area contributed by atoms with Crippen molar-refractivity contribution >= 4 is 21.7 Å². The summed E-state index contributed by atoms with van der Waals surface area (Å²) in [5.74, 6) is -3.75. The van der Waals surface area contributed by atoms with Crippen LogP contribution in [0.1, 0.15) is 24.9 Å². The van der Waals surface area contributed by atoms with Gasteiger partial charge >= 0.3 is 12.3 Å². The summed E-state index contributed by atoms with van der Waals surface area (Å²) in [4.78, 5) is 22.7. The van der Waals surface area contributed by atoms with Gasteiger partial charge in [0.25, 0.3) is 0 Å². The van der Waals surface area contributed by atoms with Crippen LogP contribution in [0, 0.1) is 0 Å². The van der Waals surface area contributed by atoms with E-state index in [1.807, 2.05) is 0 Å². The van der Waals surface area contributed by atoms with Crippen LogP contribution < -0.4 is 10.1 Å². The van der Waals surface area contributed by atoms with Gasteiger partial charge in [-0.3, -0.25) is 9.59 Å². The number of alkyl halides is 3. The number of aliphatic carboxylic acids is 1. The third-order valence-corrected chi connectivity index (χ3v) is 4.60. The Kier molecular flexibility index (Phi) is 6.79. The van der Waals surface area contributed by atoms with Crippen molar-refractivity contribution in [3.8, 4) is 5.75 Å². The summed E-state index contributed by atoms with van der Waals surface area (Å²) in [6.45, 7) is 1.36. The van der Waals surface area contributed by atoms with E-state index in [0.717, 1.165) is 24.3 Å². The molecule has 0 saturated heterocycles. The van der Waals surface area contributed by atoms with Crippen molar-refractivity contribution in [2.45, 2.75) is 25.7 Å². The van der Waals surface area contributed by atoms with E-state index in [1.54, 1.807) is 0 Å².